The van der Waals surface area contributed by atoms with Gasteiger partial charge in [0.05, 0.1) is 10.4 Å². The molecule has 0 radical (unpaired) electrons. The second kappa shape index (κ2) is 10.3. The van der Waals surface area contributed by atoms with Crippen molar-refractivity contribution in [3.8, 4) is 0 Å². The molecule has 1 aliphatic heterocycles. The maximum atomic E-state index is 13.8. The van der Waals surface area contributed by atoms with Crippen molar-refractivity contribution in [2.24, 2.45) is 0 Å². The number of carbonyl (C=O) groups excluding carboxylic acids is 1. The van der Waals surface area contributed by atoms with Gasteiger partial charge in [-0.15, -0.1) is 0 Å². The fraction of sp³-hybridized carbons (Fsp3) is 0.542. The van der Waals surface area contributed by atoms with Crippen LogP contribution in [0, 0.1) is 10.1 Å². The summed E-state index contributed by atoms with van der Waals surface area (Å²) in [7, 11) is -3.95. The summed E-state index contributed by atoms with van der Waals surface area (Å²) in [5.41, 5.74) is -1.06. The maximum absolute atomic E-state index is 13.8. The van der Waals surface area contributed by atoms with Gasteiger partial charge in [0, 0.05) is 43.5 Å². The number of aryl methyl sites for hydroxylation is 1. The molecule has 3 heterocycles. The van der Waals surface area contributed by atoms with Crippen LogP contribution in [0.3, 0.4) is 0 Å². The average molecular weight is 550 g/mol. The Morgan fingerprint density at radius 1 is 1.32 bits per heavy atom. The van der Waals surface area contributed by atoms with Gasteiger partial charge in [-0.3, -0.25) is 14.9 Å². The number of benzene rings is 1. The van der Waals surface area contributed by atoms with Gasteiger partial charge in [-0.1, -0.05) is 0 Å². The summed E-state index contributed by atoms with van der Waals surface area (Å²) in [5, 5.41) is 18.5. The number of fused-ring (bicyclic) bond motifs is 3. The lowest BCUT2D eigenvalue weighted by molar-refractivity contribution is -0.384. The predicted molar refractivity (Wildman–Crippen MR) is 139 cm³/mol. The van der Waals surface area contributed by atoms with Crippen molar-refractivity contribution in [3.63, 3.8) is 0 Å². The van der Waals surface area contributed by atoms with Crippen LogP contribution in [0.2, 0.25) is 0 Å². The number of nitro groups is 1. The van der Waals surface area contributed by atoms with Crippen LogP contribution < -0.4 is 10.9 Å². The van der Waals surface area contributed by atoms with Gasteiger partial charge in [0.2, 0.25) is 0 Å². The second-order valence-corrected chi connectivity index (χ2v) is 12.2. The van der Waals surface area contributed by atoms with Gasteiger partial charge in [0.25, 0.3) is 11.2 Å². The summed E-state index contributed by atoms with van der Waals surface area (Å²) in [4.78, 5) is 36.7. The quantitative estimate of drug-likeness (QED) is 0.264. The van der Waals surface area contributed by atoms with E-state index in [2.05, 4.69) is 10.4 Å². The highest BCUT2D eigenvalue weighted by Gasteiger charge is 2.31. The van der Waals surface area contributed by atoms with Crippen molar-refractivity contribution < 1.29 is 27.6 Å². The number of sulfone groups is 1. The Hall–Kier alpha value is -3.52. The van der Waals surface area contributed by atoms with Gasteiger partial charge in [0.1, 0.15) is 16.5 Å². The lowest BCUT2D eigenvalue weighted by atomic mass is 10.1. The molecule has 4 rings (SSSR count). The number of nitro benzene ring substituents is 1. The number of alkyl carbamates (subject to hydrolysis) is 1. The number of rotatable bonds is 7. The van der Waals surface area contributed by atoms with Crippen LogP contribution in [-0.2, 0) is 25.9 Å². The first-order chi connectivity index (χ1) is 17.8. The number of nitrogens with one attached hydrogen (secondary N) is 1. The Balaban J connectivity index is 1.85. The van der Waals surface area contributed by atoms with Crippen LogP contribution in [0.4, 0.5) is 10.5 Å². The number of aromatic nitrogens is 3. The zero-order valence-corrected chi connectivity index (χ0v) is 22.5. The van der Waals surface area contributed by atoms with Crippen LogP contribution in [0.25, 0.3) is 21.8 Å². The van der Waals surface area contributed by atoms with Gasteiger partial charge < -0.3 is 19.4 Å². The summed E-state index contributed by atoms with van der Waals surface area (Å²) >= 11 is 0. The van der Waals surface area contributed by atoms with Crippen LogP contribution >= 0.6 is 0 Å². The van der Waals surface area contributed by atoms with E-state index in [0.717, 1.165) is 19.1 Å². The third-order valence-electron chi connectivity index (χ3n) is 6.07. The fourth-order valence-corrected chi connectivity index (χ4v) is 5.59. The summed E-state index contributed by atoms with van der Waals surface area (Å²) in [6.45, 7) is 5.93. The predicted octanol–water partition coefficient (Wildman–Crippen LogP) is 3.28. The van der Waals surface area contributed by atoms with Gasteiger partial charge in [-0.2, -0.15) is 5.10 Å². The molecule has 1 N–H and O–H groups in total. The smallest absolute Gasteiger partial charge is 0.407 e. The molecule has 1 atom stereocenters. The number of ether oxygens (including phenoxy) is 2. The average Bonchev–Trinajstić information content (AvgIpc) is 3.24. The topological polar surface area (TPSA) is 165 Å². The fourth-order valence-electron chi connectivity index (χ4n) is 4.54. The van der Waals surface area contributed by atoms with Crippen LogP contribution in [0.1, 0.15) is 52.7 Å². The third kappa shape index (κ3) is 5.65. The molecule has 0 spiro atoms. The zero-order chi connectivity index (χ0) is 27.8. The van der Waals surface area contributed by atoms with E-state index < -0.39 is 38.2 Å². The van der Waals surface area contributed by atoms with Gasteiger partial charge >= 0.3 is 6.09 Å². The van der Waals surface area contributed by atoms with Crippen molar-refractivity contribution in [1.82, 2.24) is 19.7 Å². The number of hydrogen-bond acceptors (Lipinski definition) is 9. The van der Waals surface area contributed by atoms with Crippen molar-refractivity contribution in [1.29, 1.82) is 0 Å². The summed E-state index contributed by atoms with van der Waals surface area (Å²) in [6.07, 6.45) is 2.16. The minimum absolute atomic E-state index is 0.0615. The molecule has 13 nitrogen and oxygen atoms in total. The Labute approximate surface area is 218 Å². The lowest BCUT2D eigenvalue weighted by Crippen LogP contribution is -2.33. The first-order valence-electron chi connectivity index (χ1n) is 12.3. The molecular formula is C24H31N5O8S. The van der Waals surface area contributed by atoms with E-state index in [9.17, 15) is 28.1 Å². The van der Waals surface area contributed by atoms with E-state index in [1.165, 1.54) is 27.4 Å². The first kappa shape index (κ1) is 27.5. The molecule has 14 heteroatoms. The highest BCUT2D eigenvalue weighted by Crippen LogP contribution is 2.33. The minimum atomic E-state index is -3.95. The Bertz CT molecular complexity index is 1560. The number of nitrogens with zero attached hydrogens (tertiary/aromatic N) is 4. The van der Waals surface area contributed by atoms with Crippen molar-refractivity contribution in [3.05, 3.63) is 38.7 Å². The molecular weight excluding hydrogens is 518 g/mol. The maximum Gasteiger partial charge on any atom is 0.407 e. The van der Waals surface area contributed by atoms with Crippen molar-refractivity contribution in [2.45, 2.75) is 69.9 Å². The highest BCUT2D eigenvalue weighted by atomic mass is 32.2. The molecule has 38 heavy (non-hydrogen) atoms. The number of amides is 1. The molecule has 0 bridgehead atoms. The van der Waals surface area contributed by atoms with E-state index >= 15 is 0 Å². The molecule has 2 aromatic heterocycles. The molecule has 1 unspecified atom stereocenters. The zero-order valence-electron chi connectivity index (χ0n) is 21.7. The summed E-state index contributed by atoms with van der Waals surface area (Å²) < 4.78 is 39.5. The van der Waals surface area contributed by atoms with Gasteiger partial charge in [-0.05, 0) is 52.5 Å². The van der Waals surface area contributed by atoms with E-state index in [1.807, 2.05) is 0 Å². The first-order valence-corrected chi connectivity index (χ1v) is 14.2. The Kier molecular flexibility index (Phi) is 7.48. The summed E-state index contributed by atoms with van der Waals surface area (Å²) in [5.74, 6) is 0. The highest BCUT2D eigenvalue weighted by molar-refractivity contribution is 7.90. The SMILES string of the molecule is CC(C)(C)OC(=O)NCCCn1c(=O)c2c(S(C)(=O)=O)n(C3CCCCO3)nc2c2cc([N+](=O)[O-])ccc21. The molecule has 1 saturated heterocycles. The normalized spacial score (nSPS) is 16.6. The van der Waals surface area contributed by atoms with E-state index in [-0.39, 0.29) is 40.1 Å². The van der Waals surface area contributed by atoms with Crippen LogP contribution in [-0.4, -0.2) is 58.8 Å². The monoisotopic (exact) mass is 549 g/mol. The molecule has 0 saturated carbocycles. The molecule has 1 aromatic carbocycles. The van der Waals surface area contributed by atoms with Crippen molar-refractivity contribution >= 4 is 43.4 Å². The molecule has 1 fully saturated rings. The van der Waals surface area contributed by atoms with Crippen molar-refractivity contribution in [2.75, 3.05) is 19.4 Å². The third-order valence-corrected chi connectivity index (χ3v) is 7.16. The molecule has 1 aliphatic rings. The largest absolute Gasteiger partial charge is 0.444 e. The number of carbonyl (C=O) groups is 1. The molecule has 3 aromatic rings. The van der Waals surface area contributed by atoms with Gasteiger partial charge in [-0.25, -0.2) is 17.9 Å². The van der Waals surface area contributed by atoms with E-state index in [0.29, 0.717) is 25.0 Å². The number of non-ortho nitro benzene ring substituents is 1. The summed E-state index contributed by atoms with van der Waals surface area (Å²) in [6, 6.07) is 4.02. The van der Waals surface area contributed by atoms with Crippen LogP contribution in [0.5, 0.6) is 0 Å². The van der Waals surface area contributed by atoms with E-state index in [4.69, 9.17) is 9.47 Å². The van der Waals surface area contributed by atoms with Crippen LogP contribution in [0.15, 0.2) is 28.0 Å². The second-order valence-electron chi connectivity index (χ2n) is 10.3. The molecule has 1 amide bonds. The Morgan fingerprint density at radius 3 is 2.66 bits per heavy atom. The lowest BCUT2D eigenvalue weighted by Gasteiger charge is -2.23. The molecule has 0 aliphatic carbocycles. The van der Waals surface area contributed by atoms with Gasteiger partial charge in [0.15, 0.2) is 21.1 Å². The molecule has 206 valence electrons. The Morgan fingerprint density at radius 2 is 2.05 bits per heavy atom. The number of hydrogen-bond donors (Lipinski definition) is 1. The standard InChI is InChI=1S/C24H31N5O8S/c1-24(2,3)37-23(31)25-11-7-12-27-17-10-9-15(29(32)33)14-16(17)20-19(21(27)30)22(38(4,34)35)28(26-20)18-8-5-6-13-36-18/h9-10,14,18H,5-8,11-13H2,1-4H3,(H,25,31). The van der Waals surface area contributed by atoms with E-state index in [1.54, 1.807) is 20.8 Å². The minimum Gasteiger partial charge on any atom is -0.444 e. The number of pyridine rings is 1.